The molecule has 0 aliphatic rings. The van der Waals surface area contributed by atoms with Crippen molar-refractivity contribution in [1.29, 1.82) is 0 Å². The summed E-state index contributed by atoms with van der Waals surface area (Å²) in [5.41, 5.74) is 10.4. The molecule has 12 heteroatoms. The third kappa shape index (κ3) is 8.33. The third-order valence-corrected chi connectivity index (χ3v) is 3.23. The zero-order chi connectivity index (χ0) is 18.9. The van der Waals surface area contributed by atoms with Gasteiger partial charge in [0.05, 0.1) is 12.5 Å². The van der Waals surface area contributed by atoms with Crippen LogP contribution in [0.3, 0.4) is 0 Å². The smallest absolute Gasteiger partial charge is 0.326 e. The van der Waals surface area contributed by atoms with E-state index in [1.807, 2.05) is 0 Å². The van der Waals surface area contributed by atoms with Crippen LogP contribution in [0.2, 0.25) is 0 Å². The molecule has 3 unspecified atom stereocenters. The van der Waals surface area contributed by atoms with Gasteiger partial charge in [-0.1, -0.05) is 0 Å². The molecule has 0 fully saturated rings. The van der Waals surface area contributed by atoms with Gasteiger partial charge >= 0.3 is 11.9 Å². The van der Waals surface area contributed by atoms with Crippen LogP contribution >= 0.6 is 12.6 Å². The van der Waals surface area contributed by atoms with Crippen LogP contribution in [0.1, 0.15) is 19.3 Å². The van der Waals surface area contributed by atoms with Crippen LogP contribution in [0.15, 0.2) is 0 Å². The predicted molar refractivity (Wildman–Crippen MR) is 84.0 cm³/mol. The summed E-state index contributed by atoms with van der Waals surface area (Å²) < 4.78 is 0. The number of amides is 3. The van der Waals surface area contributed by atoms with Crippen molar-refractivity contribution in [2.24, 2.45) is 11.5 Å². The van der Waals surface area contributed by atoms with Crippen molar-refractivity contribution in [2.75, 3.05) is 5.75 Å². The van der Waals surface area contributed by atoms with Gasteiger partial charge in [0.2, 0.25) is 17.7 Å². The Kier molecular flexibility index (Phi) is 9.42. The minimum atomic E-state index is -1.50. The molecule has 0 aliphatic heterocycles. The molecule has 0 saturated carbocycles. The zero-order valence-corrected chi connectivity index (χ0v) is 13.5. The third-order valence-electron chi connectivity index (χ3n) is 2.83. The first kappa shape index (κ1) is 21.7. The summed E-state index contributed by atoms with van der Waals surface area (Å²) in [6.07, 6.45) is -1.44. The molecular weight excluding hydrogens is 344 g/mol. The first-order valence-corrected chi connectivity index (χ1v) is 7.41. The van der Waals surface area contributed by atoms with E-state index in [9.17, 15) is 24.0 Å². The molecule has 0 bridgehead atoms. The summed E-state index contributed by atoms with van der Waals surface area (Å²) in [7, 11) is 0. The standard InChI is InChI=1S/C12H20N4O7S/c13-5(4-24)10(20)16-7(3-8(14)17)11(21)15-6(12(22)23)1-2-9(18)19/h5-7,24H,1-4,13H2,(H2,14,17)(H,15,21)(H,16,20)(H,18,19)(H,22,23). The lowest BCUT2D eigenvalue weighted by molar-refractivity contribution is -0.143. The van der Waals surface area contributed by atoms with E-state index in [1.165, 1.54) is 0 Å². The van der Waals surface area contributed by atoms with Gasteiger partial charge in [-0.05, 0) is 6.42 Å². The Labute approximate surface area is 142 Å². The number of carbonyl (C=O) groups is 5. The van der Waals surface area contributed by atoms with E-state index in [-0.39, 0.29) is 12.2 Å². The Balaban J connectivity index is 5.00. The Morgan fingerprint density at radius 1 is 1.00 bits per heavy atom. The number of nitrogens with two attached hydrogens (primary N) is 2. The number of primary amides is 1. The molecule has 24 heavy (non-hydrogen) atoms. The number of hydrogen-bond donors (Lipinski definition) is 7. The van der Waals surface area contributed by atoms with E-state index in [1.54, 1.807) is 0 Å². The van der Waals surface area contributed by atoms with E-state index in [0.29, 0.717) is 0 Å². The highest BCUT2D eigenvalue weighted by Crippen LogP contribution is 2.01. The maximum absolute atomic E-state index is 12.1. The number of nitrogens with one attached hydrogen (secondary N) is 2. The van der Waals surface area contributed by atoms with Gasteiger partial charge < -0.3 is 32.3 Å². The van der Waals surface area contributed by atoms with E-state index in [4.69, 9.17) is 21.7 Å². The summed E-state index contributed by atoms with van der Waals surface area (Å²) in [5.74, 6) is -5.40. The van der Waals surface area contributed by atoms with Gasteiger partial charge in [-0.25, -0.2) is 4.79 Å². The molecule has 0 aromatic carbocycles. The number of aliphatic carboxylic acids is 2. The maximum atomic E-state index is 12.1. The summed E-state index contributed by atoms with van der Waals surface area (Å²) in [5, 5.41) is 21.8. The van der Waals surface area contributed by atoms with Crippen molar-refractivity contribution >= 4 is 42.3 Å². The molecule has 0 radical (unpaired) electrons. The van der Waals surface area contributed by atoms with Crippen molar-refractivity contribution in [3.8, 4) is 0 Å². The molecule has 0 aliphatic carbocycles. The quantitative estimate of drug-likeness (QED) is 0.188. The van der Waals surface area contributed by atoms with Crippen LogP contribution in [0, 0.1) is 0 Å². The van der Waals surface area contributed by atoms with Crippen LogP contribution in [0.5, 0.6) is 0 Å². The first-order valence-electron chi connectivity index (χ1n) is 6.78. The number of rotatable bonds is 11. The molecule has 3 amide bonds. The van der Waals surface area contributed by atoms with Gasteiger partial charge in [-0.3, -0.25) is 19.2 Å². The number of thiol groups is 1. The fourth-order valence-electron chi connectivity index (χ4n) is 1.57. The number of carbonyl (C=O) groups excluding carboxylic acids is 3. The highest BCUT2D eigenvalue weighted by atomic mass is 32.1. The summed E-state index contributed by atoms with van der Waals surface area (Å²) >= 11 is 3.82. The van der Waals surface area contributed by atoms with Crippen LogP contribution < -0.4 is 22.1 Å². The number of carboxylic acid groups (broad SMARTS) is 2. The summed E-state index contributed by atoms with van der Waals surface area (Å²) in [6.45, 7) is 0. The average Bonchev–Trinajstić information content (AvgIpc) is 2.48. The molecule has 8 N–H and O–H groups in total. The van der Waals surface area contributed by atoms with Crippen LogP contribution in [-0.4, -0.2) is 63.8 Å². The molecule has 0 aromatic heterocycles. The Morgan fingerprint density at radius 2 is 1.54 bits per heavy atom. The minimum Gasteiger partial charge on any atom is -0.481 e. The fraction of sp³-hybridized carbons (Fsp3) is 0.583. The van der Waals surface area contributed by atoms with Gasteiger partial charge in [-0.15, -0.1) is 0 Å². The van der Waals surface area contributed by atoms with Crippen molar-refractivity contribution < 1.29 is 34.2 Å². The highest BCUT2D eigenvalue weighted by Gasteiger charge is 2.29. The second-order valence-corrected chi connectivity index (χ2v) is 5.22. The van der Waals surface area contributed by atoms with E-state index in [0.717, 1.165) is 0 Å². The molecule has 0 aromatic rings. The minimum absolute atomic E-state index is 0.0207. The van der Waals surface area contributed by atoms with Gasteiger partial charge in [-0.2, -0.15) is 12.6 Å². The number of hydrogen-bond acceptors (Lipinski definition) is 7. The SMILES string of the molecule is NC(=O)CC(NC(=O)C(N)CS)C(=O)NC(CCC(=O)O)C(=O)O. The summed E-state index contributed by atoms with van der Waals surface area (Å²) in [4.78, 5) is 56.3. The first-order chi connectivity index (χ1) is 11.1. The van der Waals surface area contributed by atoms with E-state index in [2.05, 4.69) is 23.3 Å². The molecule has 0 heterocycles. The lowest BCUT2D eigenvalue weighted by atomic mass is 10.1. The van der Waals surface area contributed by atoms with Crippen molar-refractivity contribution in [2.45, 2.75) is 37.4 Å². The Morgan fingerprint density at radius 3 is 1.96 bits per heavy atom. The van der Waals surface area contributed by atoms with Crippen molar-refractivity contribution in [3.63, 3.8) is 0 Å². The van der Waals surface area contributed by atoms with Gasteiger partial charge in [0, 0.05) is 12.2 Å². The summed E-state index contributed by atoms with van der Waals surface area (Å²) in [6, 6.07) is -3.98. The number of carboxylic acids is 2. The van der Waals surface area contributed by atoms with Gasteiger partial charge in [0.1, 0.15) is 12.1 Å². The highest BCUT2D eigenvalue weighted by molar-refractivity contribution is 7.80. The van der Waals surface area contributed by atoms with Crippen LogP contribution in [-0.2, 0) is 24.0 Å². The van der Waals surface area contributed by atoms with Gasteiger partial charge in [0.25, 0.3) is 0 Å². The molecular formula is C12H20N4O7S. The second kappa shape index (κ2) is 10.4. The monoisotopic (exact) mass is 364 g/mol. The largest absolute Gasteiger partial charge is 0.481 e. The molecule has 3 atom stereocenters. The Bertz CT molecular complexity index is 514. The molecule has 0 saturated heterocycles. The van der Waals surface area contributed by atoms with E-state index < -0.39 is 60.6 Å². The lowest BCUT2D eigenvalue weighted by Crippen LogP contribution is -2.55. The fourth-order valence-corrected chi connectivity index (χ4v) is 1.74. The average molecular weight is 364 g/mol. The predicted octanol–water partition coefficient (Wildman–Crippen LogP) is -2.96. The van der Waals surface area contributed by atoms with Crippen molar-refractivity contribution in [3.05, 3.63) is 0 Å². The molecule has 11 nitrogen and oxygen atoms in total. The Hall–Kier alpha value is -2.34. The second-order valence-electron chi connectivity index (χ2n) is 4.85. The van der Waals surface area contributed by atoms with Gasteiger partial charge in [0.15, 0.2) is 0 Å². The maximum Gasteiger partial charge on any atom is 0.326 e. The molecule has 0 rings (SSSR count). The van der Waals surface area contributed by atoms with Crippen LogP contribution in [0.4, 0.5) is 0 Å². The lowest BCUT2D eigenvalue weighted by Gasteiger charge is -2.21. The topological polar surface area (TPSA) is 202 Å². The zero-order valence-electron chi connectivity index (χ0n) is 12.6. The molecule has 136 valence electrons. The van der Waals surface area contributed by atoms with Crippen LogP contribution in [0.25, 0.3) is 0 Å². The van der Waals surface area contributed by atoms with E-state index >= 15 is 0 Å². The molecule has 0 spiro atoms. The normalized spacial score (nSPS) is 14.1. The van der Waals surface area contributed by atoms with Crippen molar-refractivity contribution in [1.82, 2.24) is 10.6 Å².